The van der Waals surface area contributed by atoms with Crippen LogP contribution in [0.2, 0.25) is 0 Å². The molecule has 3 aromatic rings. The van der Waals surface area contributed by atoms with Crippen LogP contribution in [-0.2, 0) is 4.79 Å². The Morgan fingerprint density at radius 3 is 2.46 bits per heavy atom. The van der Waals surface area contributed by atoms with Crippen LogP contribution in [0.1, 0.15) is 30.3 Å². The molecule has 144 valence electrons. The molecule has 1 atom stereocenters. The molecule has 1 fully saturated rings. The van der Waals surface area contributed by atoms with E-state index in [-0.39, 0.29) is 17.6 Å². The number of hydrogen-bond donors (Lipinski definition) is 1. The molecule has 0 saturated carbocycles. The van der Waals surface area contributed by atoms with Crippen molar-refractivity contribution in [3.63, 3.8) is 0 Å². The molecular formula is C22H22N2O4. The molecule has 2 heterocycles. The van der Waals surface area contributed by atoms with Crippen LogP contribution in [0.15, 0.2) is 59.0 Å². The quantitative estimate of drug-likeness (QED) is 0.726. The predicted octanol–water partition coefficient (Wildman–Crippen LogP) is 4.07. The van der Waals surface area contributed by atoms with Crippen molar-refractivity contribution in [3.05, 3.63) is 60.4 Å². The van der Waals surface area contributed by atoms with Gasteiger partial charge in [0.15, 0.2) is 6.10 Å². The number of furan rings is 1. The molecular weight excluding hydrogens is 356 g/mol. The molecule has 4 rings (SSSR count). The van der Waals surface area contributed by atoms with E-state index in [4.69, 9.17) is 9.15 Å². The van der Waals surface area contributed by atoms with Gasteiger partial charge in [-0.2, -0.15) is 0 Å². The Morgan fingerprint density at radius 1 is 1.04 bits per heavy atom. The van der Waals surface area contributed by atoms with Crippen LogP contribution in [0.3, 0.4) is 0 Å². The summed E-state index contributed by atoms with van der Waals surface area (Å²) in [7, 11) is 0. The number of carbonyl (C=O) groups is 2. The molecule has 28 heavy (non-hydrogen) atoms. The lowest BCUT2D eigenvalue weighted by Crippen LogP contribution is -2.32. The number of nitrogens with one attached hydrogen (secondary N) is 1. The maximum Gasteiger partial charge on any atom is 0.291 e. The molecule has 0 spiro atoms. The van der Waals surface area contributed by atoms with Crippen LogP contribution >= 0.6 is 0 Å². The van der Waals surface area contributed by atoms with Gasteiger partial charge in [0.1, 0.15) is 17.0 Å². The van der Waals surface area contributed by atoms with E-state index in [0.29, 0.717) is 35.5 Å². The van der Waals surface area contributed by atoms with Gasteiger partial charge >= 0.3 is 0 Å². The first-order valence-corrected chi connectivity index (χ1v) is 9.47. The zero-order valence-corrected chi connectivity index (χ0v) is 15.7. The second kappa shape index (κ2) is 7.76. The summed E-state index contributed by atoms with van der Waals surface area (Å²) in [6, 6.07) is 16.5. The van der Waals surface area contributed by atoms with Crippen molar-refractivity contribution in [1.82, 2.24) is 4.90 Å². The Labute approximate surface area is 163 Å². The molecule has 6 nitrogen and oxygen atoms in total. The summed E-state index contributed by atoms with van der Waals surface area (Å²) in [6.45, 7) is 3.08. The van der Waals surface area contributed by atoms with Gasteiger partial charge in [0, 0.05) is 18.5 Å². The highest BCUT2D eigenvalue weighted by Gasteiger charge is 2.29. The van der Waals surface area contributed by atoms with Gasteiger partial charge in [0.05, 0.1) is 0 Å². The first kappa shape index (κ1) is 18.1. The number of benzene rings is 2. The number of hydrogen-bond acceptors (Lipinski definition) is 4. The van der Waals surface area contributed by atoms with E-state index in [1.807, 2.05) is 36.4 Å². The van der Waals surface area contributed by atoms with Crippen molar-refractivity contribution in [3.8, 4) is 5.75 Å². The van der Waals surface area contributed by atoms with Crippen molar-refractivity contribution >= 4 is 28.5 Å². The number of para-hydroxylation sites is 2. The number of rotatable bonds is 5. The van der Waals surface area contributed by atoms with Crippen LogP contribution in [0.25, 0.3) is 11.0 Å². The molecule has 1 aromatic heterocycles. The predicted molar refractivity (Wildman–Crippen MR) is 107 cm³/mol. The van der Waals surface area contributed by atoms with Crippen molar-refractivity contribution in [2.75, 3.05) is 18.4 Å². The SMILES string of the molecule is CC(Oc1ccccc1)C(=O)Nc1c(C(=O)N2CCCC2)oc2ccccc12. The highest BCUT2D eigenvalue weighted by Crippen LogP contribution is 2.32. The van der Waals surface area contributed by atoms with E-state index in [2.05, 4.69) is 5.32 Å². The summed E-state index contributed by atoms with van der Waals surface area (Å²) in [5.74, 6) is 0.241. The van der Waals surface area contributed by atoms with E-state index in [1.165, 1.54) is 0 Å². The lowest BCUT2D eigenvalue weighted by molar-refractivity contribution is -0.122. The van der Waals surface area contributed by atoms with Crippen LogP contribution in [0, 0.1) is 0 Å². The maximum atomic E-state index is 12.9. The summed E-state index contributed by atoms with van der Waals surface area (Å²) in [4.78, 5) is 27.4. The molecule has 6 heteroatoms. The van der Waals surface area contributed by atoms with Crippen molar-refractivity contribution < 1.29 is 18.7 Å². The minimum absolute atomic E-state index is 0.170. The fourth-order valence-electron chi connectivity index (χ4n) is 3.37. The molecule has 1 aliphatic rings. The summed E-state index contributed by atoms with van der Waals surface area (Å²) in [6.07, 6.45) is 1.23. The number of fused-ring (bicyclic) bond motifs is 1. The van der Waals surface area contributed by atoms with Crippen molar-refractivity contribution in [2.45, 2.75) is 25.9 Å². The number of carbonyl (C=O) groups excluding carboxylic acids is 2. The Balaban J connectivity index is 1.60. The lowest BCUT2D eigenvalue weighted by Gasteiger charge is -2.16. The van der Waals surface area contributed by atoms with Crippen molar-refractivity contribution in [1.29, 1.82) is 0 Å². The maximum absolute atomic E-state index is 12.9. The number of amides is 2. The molecule has 1 saturated heterocycles. The number of likely N-dealkylation sites (tertiary alicyclic amines) is 1. The number of anilines is 1. The highest BCUT2D eigenvalue weighted by atomic mass is 16.5. The van der Waals surface area contributed by atoms with Crippen LogP contribution < -0.4 is 10.1 Å². The fraction of sp³-hybridized carbons (Fsp3) is 0.273. The van der Waals surface area contributed by atoms with Crippen LogP contribution in [-0.4, -0.2) is 35.9 Å². The van der Waals surface area contributed by atoms with Gasteiger partial charge in [0.2, 0.25) is 5.76 Å². The average molecular weight is 378 g/mol. The van der Waals surface area contributed by atoms with Gasteiger partial charge in [-0.15, -0.1) is 0 Å². The number of nitrogens with zero attached hydrogens (tertiary/aromatic N) is 1. The first-order chi connectivity index (χ1) is 13.6. The molecule has 0 aliphatic carbocycles. The van der Waals surface area contributed by atoms with E-state index in [9.17, 15) is 9.59 Å². The normalized spacial score (nSPS) is 14.8. The Morgan fingerprint density at radius 2 is 1.71 bits per heavy atom. The Bertz CT molecular complexity index is 990. The van der Waals surface area contributed by atoms with Gasteiger partial charge in [-0.25, -0.2) is 0 Å². The van der Waals surface area contributed by atoms with Crippen molar-refractivity contribution in [2.24, 2.45) is 0 Å². The topological polar surface area (TPSA) is 71.8 Å². The largest absolute Gasteiger partial charge is 0.481 e. The van der Waals surface area contributed by atoms with Gasteiger partial charge in [-0.3, -0.25) is 9.59 Å². The third-order valence-electron chi connectivity index (χ3n) is 4.86. The highest BCUT2D eigenvalue weighted by molar-refractivity contribution is 6.11. The minimum Gasteiger partial charge on any atom is -0.481 e. The summed E-state index contributed by atoms with van der Waals surface area (Å²) in [5.41, 5.74) is 0.970. The zero-order valence-electron chi connectivity index (χ0n) is 15.7. The van der Waals surface area contributed by atoms with E-state index < -0.39 is 6.10 Å². The summed E-state index contributed by atoms with van der Waals surface area (Å²) >= 11 is 0. The van der Waals surface area contributed by atoms with Crippen LogP contribution in [0.5, 0.6) is 5.75 Å². The molecule has 1 unspecified atom stereocenters. The third kappa shape index (κ3) is 3.58. The molecule has 2 aromatic carbocycles. The Kier molecular flexibility index (Phi) is 5.02. The summed E-state index contributed by atoms with van der Waals surface area (Å²) < 4.78 is 11.5. The number of ether oxygens (including phenoxy) is 1. The molecule has 0 radical (unpaired) electrons. The second-order valence-corrected chi connectivity index (χ2v) is 6.86. The Hall–Kier alpha value is -3.28. The second-order valence-electron chi connectivity index (χ2n) is 6.86. The summed E-state index contributed by atoms with van der Waals surface area (Å²) in [5, 5.41) is 3.55. The van der Waals surface area contributed by atoms with Gasteiger partial charge in [0.25, 0.3) is 11.8 Å². The van der Waals surface area contributed by atoms with E-state index >= 15 is 0 Å². The van der Waals surface area contributed by atoms with Gasteiger partial charge in [-0.05, 0) is 44.0 Å². The fourth-order valence-corrected chi connectivity index (χ4v) is 3.37. The average Bonchev–Trinajstić information content (AvgIpc) is 3.37. The van der Waals surface area contributed by atoms with E-state index in [0.717, 1.165) is 12.8 Å². The smallest absolute Gasteiger partial charge is 0.291 e. The van der Waals surface area contributed by atoms with Crippen LogP contribution in [0.4, 0.5) is 5.69 Å². The first-order valence-electron chi connectivity index (χ1n) is 9.47. The van der Waals surface area contributed by atoms with Gasteiger partial charge < -0.3 is 19.4 Å². The zero-order chi connectivity index (χ0) is 19.5. The van der Waals surface area contributed by atoms with E-state index in [1.54, 1.807) is 30.0 Å². The molecule has 1 aliphatic heterocycles. The van der Waals surface area contributed by atoms with Gasteiger partial charge in [-0.1, -0.05) is 30.3 Å². The molecule has 0 bridgehead atoms. The lowest BCUT2D eigenvalue weighted by atomic mass is 10.2. The molecule has 1 N–H and O–H groups in total. The third-order valence-corrected chi connectivity index (χ3v) is 4.86. The minimum atomic E-state index is -0.731. The standard InChI is InChI=1S/C22H22N2O4/c1-15(27-16-9-3-2-4-10-16)21(25)23-19-17-11-5-6-12-18(17)28-20(19)22(26)24-13-7-8-14-24/h2-6,9-12,15H,7-8,13-14H2,1H3,(H,23,25). The molecule has 2 amide bonds. The monoisotopic (exact) mass is 378 g/mol.